The van der Waals surface area contributed by atoms with Crippen LogP contribution in [-0.2, 0) is 6.54 Å². The fourth-order valence-corrected chi connectivity index (χ4v) is 2.04. The van der Waals surface area contributed by atoms with Crippen molar-refractivity contribution in [1.29, 1.82) is 0 Å². The van der Waals surface area contributed by atoms with E-state index in [1.54, 1.807) is 0 Å². The summed E-state index contributed by atoms with van der Waals surface area (Å²) in [5, 5.41) is 3.58. The Morgan fingerprint density at radius 1 is 0.944 bits per heavy atom. The molecule has 1 heteroatoms. The monoisotopic (exact) mass is 239 g/mol. The van der Waals surface area contributed by atoms with Crippen LogP contribution in [0.15, 0.2) is 48.5 Å². The second-order valence-corrected chi connectivity index (χ2v) is 4.94. The van der Waals surface area contributed by atoms with Gasteiger partial charge in [-0.3, -0.25) is 0 Å². The molecule has 2 aromatic rings. The van der Waals surface area contributed by atoms with Crippen LogP contribution in [0.3, 0.4) is 0 Å². The van der Waals surface area contributed by atoms with Crippen LogP contribution >= 0.6 is 0 Å². The molecular weight excluding hydrogens is 218 g/mol. The number of rotatable bonds is 4. The highest BCUT2D eigenvalue weighted by Crippen LogP contribution is 2.14. The van der Waals surface area contributed by atoms with Crippen LogP contribution in [0.25, 0.3) is 0 Å². The van der Waals surface area contributed by atoms with Gasteiger partial charge >= 0.3 is 0 Å². The van der Waals surface area contributed by atoms with E-state index in [0.717, 1.165) is 6.54 Å². The third kappa shape index (κ3) is 3.21. The highest BCUT2D eigenvalue weighted by molar-refractivity contribution is 5.27. The Morgan fingerprint density at radius 2 is 1.61 bits per heavy atom. The van der Waals surface area contributed by atoms with Crippen molar-refractivity contribution in [3.8, 4) is 0 Å². The molecule has 0 spiro atoms. The van der Waals surface area contributed by atoms with E-state index >= 15 is 0 Å². The zero-order valence-corrected chi connectivity index (χ0v) is 11.4. The molecule has 0 heterocycles. The minimum Gasteiger partial charge on any atom is -0.306 e. The summed E-state index contributed by atoms with van der Waals surface area (Å²) in [5.41, 5.74) is 5.37. The number of hydrogen-bond acceptors (Lipinski definition) is 1. The quantitative estimate of drug-likeness (QED) is 0.845. The molecule has 0 aliphatic rings. The summed E-state index contributed by atoms with van der Waals surface area (Å²) in [7, 11) is 0. The van der Waals surface area contributed by atoms with Gasteiger partial charge in [0.15, 0.2) is 0 Å². The van der Waals surface area contributed by atoms with Crippen LogP contribution < -0.4 is 5.32 Å². The summed E-state index contributed by atoms with van der Waals surface area (Å²) < 4.78 is 0. The molecule has 0 saturated carbocycles. The van der Waals surface area contributed by atoms with Gasteiger partial charge in [-0.05, 0) is 37.5 Å². The predicted molar refractivity (Wildman–Crippen MR) is 77.6 cm³/mol. The standard InChI is InChI=1S/C17H21N/c1-13-8-10-16(11-9-13)15(3)18-12-17-7-5-4-6-14(17)2/h4-11,15,18H,12H2,1-3H3/t15-/m0/s1. The van der Waals surface area contributed by atoms with Gasteiger partial charge in [-0.15, -0.1) is 0 Å². The first-order valence-corrected chi connectivity index (χ1v) is 6.51. The molecule has 0 radical (unpaired) electrons. The van der Waals surface area contributed by atoms with Crippen molar-refractivity contribution in [2.45, 2.75) is 33.4 Å². The Bertz CT molecular complexity index is 499. The summed E-state index contributed by atoms with van der Waals surface area (Å²) in [6, 6.07) is 17.6. The van der Waals surface area contributed by atoms with E-state index < -0.39 is 0 Å². The lowest BCUT2D eigenvalue weighted by Gasteiger charge is -2.15. The maximum Gasteiger partial charge on any atom is 0.0294 e. The van der Waals surface area contributed by atoms with Crippen molar-refractivity contribution in [2.24, 2.45) is 0 Å². The van der Waals surface area contributed by atoms with Crippen LogP contribution in [0.4, 0.5) is 0 Å². The Labute approximate surface area is 110 Å². The zero-order valence-electron chi connectivity index (χ0n) is 11.4. The van der Waals surface area contributed by atoms with Gasteiger partial charge in [0.25, 0.3) is 0 Å². The number of benzene rings is 2. The Morgan fingerprint density at radius 3 is 2.28 bits per heavy atom. The van der Waals surface area contributed by atoms with E-state index in [4.69, 9.17) is 0 Å². The summed E-state index contributed by atoms with van der Waals surface area (Å²) in [4.78, 5) is 0. The summed E-state index contributed by atoms with van der Waals surface area (Å²) in [5.74, 6) is 0. The van der Waals surface area contributed by atoms with Crippen molar-refractivity contribution in [1.82, 2.24) is 5.32 Å². The normalized spacial score (nSPS) is 12.4. The van der Waals surface area contributed by atoms with Crippen molar-refractivity contribution in [3.05, 3.63) is 70.8 Å². The first-order valence-electron chi connectivity index (χ1n) is 6.51. The smallest absolute Gasteiger partial charge is 0.0294 e. The Kier molecular flexibility index (Phi) is 4.16. The molecule has 18 heavy (non-hydrogen) atoms. The van der Waals surface area contributed by atoms with Crippen molar-refractivity contribution in [2.75, 3.05) is 0 Å². The summed E-state index contributed by atoms with van der Waals surface area (Å²) in [6.45, 7) is 7.41. The van der Waals surface area contributed by atoms with Crippen molar-refractivity contribution in [3.63, 3.8) is 0 Å². The Balaban J connectivity index is 1.98. The van der Waals surface area contributed by atoms with Gasteiger partial charge in [0.1, 0.15) is 0 Å². The van der Waals surface area contributed by atoms with Gasteiger partial charge in [-0.2, -0.15) is 0 Å². The largest absolute Gasteiger partial charge is 0.306 e. The molecule has 94 valence electrons. The third-order valence-electron chi connectivity index (χ3n) is 3.44. The molecule has 1 N–H and O–H groups in total. The molecule has 0 fully saturated rings. The summed E-state index contributed by atoms with van der Waals surface area (Å²) in [6.07, 6.45) is 0. The fraction of sp³-hybridized carbons (Fsp3) is 0.294. The van der Waals surface area contributed by atoms with E-state index in [9.17, 15) is 0 Å². The van der Waals surface area contributed by atoms with Crippen LogP contribution in [-0.4, -0.2) is 0 Å². The molecular formula is C17H21N. The van der Waals surface area contributed by atoms with Gasteiger partial charge in [-0.1, -0.05) is 54.1 Å². The highest BCUT2D eigenvalue weighted by atomic mass is 14.9. The summed E-state index contributed by atoms with van der Waals surface area (Å²) >= 11 is 0. The maximum absolute atomic E-state index is 3.58. The van der Waals surface area contributed by atoms with Crippen molar-refractivity contribution < 1.29 is 0 Å². The molecule has 2 aromatic carbocycles. The van der Waals surface area contributed by atoms with Crippen LogP contribution in [0.1, 0.15) is 35.2 Å². The minimum absolute atomic E-state index is 0.380. The first kappa shape index (κ1) is 12.8. The van der Waals surface area contributed by atoms with Gasteiger partial charge < -0.3 is 5.32 Å². The average Bonchev–Trinajstić information content (AvgIpc) is 2.38. The minimum atomic E-state index is 0.380. The van der Waals surface area contributed by atoms with Gasteiger partial charge in [0.05, 0.1) is 0 Å². The lowest BCUT2D eigenvalue weighted by molar-refractivity contribution is 0.573. The molecule has 0 aliphatic heterocycles. The molecule has 0 saturated heterocycles. The topological polar surface area (TPSA) is 12.0 Å². The van der Waals surface area contributed by atoms with Crippen molar-refractivity contribution >= 4 is 0 Å². The average molecular weight is 239 g/mol. The molecule has 0 amide bonds. The zero-order chi connectivity index (χ0) is 13.0. The van der Waals surface area contributed by atoms with Gasteiger partial charge in [-0.25, -0.2) is 0 Å². The van der Waals surface area contributed by atoms with E-state index in [2.05, 4.69) is 74.6 Å². The second-order valence-electron chi connectivity index (χ2n) is 4.94. The molecule has 0 unspecified atom stereocenters. The SMILES string of the molecule is Cc1ccc([C@H](C)NCc2ccccc2C)cc1. The van der Waals surface area contributed by atoms with Crippen LogP contribution in [0.2, 0.25) is 0 Å². The molecule has 1 nitrogen and oxygen atoms in total. The molecule has 0 aromatic heterocycles. The fourth-order valence-electron chi connectivity index (χ4n) is 2.04. The van der Waals surface area contributed by atoms with E-state index in [1.807, 2.05) is 0 Å². The highest BCUT2D eigenvalue weighted by Gasteiger charge is 2.05. The maximum atomic E-state index is 3.58. The number of nitrogens with one attached hydrogen (secondary N) is 1. The molecule has 0 bridgehead atoms. The third-order valence-corrected chi connectivity index (χ3v) is 3.44. The lowest BCUT2D eigenvalue weighted by Crippen LogP contribution is -2.18. The number of aryl methyl sites for hydroxylation is 2. The lowest BCUT2D eigenvalue weighted by atomic mass is 10.1. The van der Waals surface area contributed by atoms with E-state index in [1.165, 1.54) is 22.3 Å². The van der Waals surface area contributed by atoms with E-state index in [-0.39, 0.29) is 0 Å². The molecule has 0 aliphatic carbocycles. The van der Waals surface area contributed by atoms with Gasteiger partial charge in [0.2, 0.25) is 0 Å². The van der Waals surface area contributed by atoms with Crippen LogP contribution in [0, 0.1) is 13.8 Å². The van der Waals surface area contributed by atoms with E-state index in [0.29, 0.717) is 6.04 Å². The Hall–Kier alpha value is -1.60. The van der Waals surface area contributed by atoms with Crippen LogP contribution in [0.5, 0.6) is 0 Å². The second kappa shape index (κ2) is 5.83. The van der Waals surface area contributed by atoms with Gasteiger partial charge in [0, 0.05) is 12.6 Å². The first-order chi connectivity index (χ1) is 8.66. The molecule has 1 atom stereocenters. The molecule has 2 rings (SSSR count). The number of hydrogen-bond donors (Lipinski definition) is 1. The predicted octanol–water partition coefficient (Wildman–Crippen LogP) is 4.15.